The second-order valence-electron chi connectivity index (χ2n) is 7.91. The molecule has 1 fully saturated rings. The number of carbonyl (C=O) groups is 2. The van der Waals surface area contributed by atoms with Crippen molar-refractivity contribution in [2.24, 2.45) is 0 Å². The molecule has 0 bridgehead atoms. The molecule has 2 aliphatic heterocycles. The summed E-state index contributed by atoms with van der Waals surface area (Å²) in [6.45, 7) is 5.52. The average molecular weight is 489 g/mol. The van der Waals surface area contributed by atoms with Crippen molar-refractivity contribution in [3.8, 4) is 0 Å². The fourth-order valence-corrected chi connectivity index (χ4v) is 4.66. The van der Waals surface area contributed by atoms with Gasteiger partial charge in [0.1, 0.15) is 0 Å². The Kier molecular flexibility index (Phi) is 7.42. The highest BCUT2D eigenvalue weighted by Crippen LogP contribution is 2.30. The zero-order chi connectivity index (χ0) is 23.4. The fraction of sp³-hybridized carbons (Fsp3) is 0.333. The molecular formula is C24H26Cl2N4O3. The Morgan fingerprint density at radius 2 is 1.85 bits per heavy atom. The smallest absolute Gasteiger partial charge is 0.338 e. The lowest BCUT2D eigenvalue weighted by atomic mass is 9.95. The quantitative estimate of drug-likeness (QED) is 0.601. The number of benzene rings is 2. The van der Waals surface area contributed by atoms with Crippen LogP contribution < -0.4 is 15.5 Å². The van der Waals surface area contributed by atoms with Crippen LogP contribution in [0.2, 0.25) is 10.0 Å². The molecule has 2 amide bonds. The van der Waals surface area contributed by atoms with Crippen LogP contribution in [0.3, 0.4) is 0 Å². The minimum Gasteiger partial charge on any atom is -0.463 e. The highest BCUT2D eigenvalue weighted by Gasteiger charge is 2.34. The molecule has 0 spiro atoms. The predicted molar refractivity (Wildman–Crippen MR) is 130 cm³/mol. The van der Waals surface area contributed by atoms with E-state index in [1.807, 2.05) is 30.3 Å². The first kappa shape index (κ1) is 23.4. The Balaban J connectivity index is 1.57. The third-order valence-corrected chi connectivity index (χ3v) is 6.33. The third-order valence-electron chi connectivity index (χ3n) is 5.78. The average Bonchev–Trinajstić information content (AvgIpc) is 2.80. The Morgan fingerprint density at radius 3 is 2.55 bits per heavy atom. The molecule has 1 saturated heterocycles. The van der Waals surface area contributed by atoms with Gasteiger partial charge in [-0.2, -0.15) is 0 Å². The summed E-state index contributed by atoms with van der Waals surface area (Å²) >= 11 is 12.5. The molecule has 7 nitrogen and oxygen atoms in total. The van der Waals surface area contributed by atoms with Gasteiger partial charge in [-0.3, -0.25) is 4.90 Å². The highest BCUT2D eigenvalue weighted by atomic mass is 35.5. The van der Waals surface area contributed by atoms with Crippen LogP contribution in [0.15, 0.2) is 59.8 Å². The number of ether oxygens (including phenoxy) is 1. The number of piperazine rings is 1. The first-order valence-electron chi connectivity index (χ1n) is 10.9. The first-order chi connectivity index (χ1) is 16.0. The minimum atomic E-state index is -0.643. The lowest BCUT2D eigenvalue weighted by Gasteiger charge is -2.38. The lowest BCUT2D eigenvalue weighted by Crippen LogP contribution is -2.51. The van der Waals surface area contributed by atoms with Gasteiger partial charge in [0.2, 0.25) is 0 Å². The van der Waals surface area contributed by atoms with Gasteiger partial charge in [0.05, 0.1) is 28.9 Å². The van der Waals surface area contributed by atoms with Gasteiger partial charge in [0.25, 0.3) is 0 Å². The molecule has 2 heterocycles. The van der Waals surface area contributed by atoms with Crippen molar-refractivity contribution in [1.82, 2.24) is 15.5 Å². The van der Waals surface area contributed by atoms with Crippen molar-refractivity contribution in [3.05, 3.63) is 75.4 Å². The molecule has 0 aliphatic carbocycles. The minimum absolute atomic E-state index is 0.238. The molecule has 1 unspecified atom stereocenters. The van der Waals surface area contributed by atoms with Gasteiger partial charge in [0, 0.05) is 43.4 Å². The zero-order valence-corrected chi connectivity index (χ0v) is 19.8. The van der Waals surface area contributed by atoms with Crippen LogP contribution in [0.1, 0.15) is 18.5 Å². The van der Waals surface area contributed by atoms with Gasteiger partial charge in [-0.1, -0.05) is 47.5 Å². The maximum Gasteiger partial charge on any atom is 0.338 e. The predicted octanol–water partition coefficient (Wildman–Crippen LogP) is 3.99. The molecule has 9 heteroatoms. The molecule has 1 atom stereocenters. The number of hydrogen-bond donors (Lipinski definition) is 2. The van der Waals surface area contributed by atoms with Crippen molar-refractivity contribution in [2.45, 2.75) is 13.0 Å². The maximum absolute atomic E-state index is 13.0. The number of anilines is 1. The topological polar surface area (TPSA) is 73.9 Å². The van der Waals surface area contributed by atoms with Gasteiger partial charge in [0.15, 0.2) is 0 Å². The molecule has 2 aromatic rings. The normalized spacial score (nSPS) is 19.2. The van der Waals surface area contributed by atoms with Crippen molar-refractivity contribution >= 4 is 40.9 Å². The van der Waals surface area contributed by atoms with E-state index in [4.69, 9.17) is 27.9 Å². The summed E-state index contributed by atoms with van der Waals surface area (Å²) in [4.78, 5) is 29.9. The SMILES string of the molecule is CCOC(=O)C1=C(CN2CCN(c3ccccc3Cl)CC2)NC(=O)NC1c1cccc(Cl)c1. The number of urea groups is 1. The van der Waals surface area contributed by atoms with E-state index in [1.165, 1.54) is 0 Å². The van der Waals surface area contributed by atoms with Crippen LogP contribution in [0.25, 0.3) is 0 Å². The molecule has 0 saturated carbocycles. The number of hydrogen-bond acceptors (Lipinski definition) is 5. The van der Waals surface area contributed by atoms with Crippen LogP contribution in [-0.4, -0.2) is 56.2 Å². The Hall–Kier alpha value is -2.74. The van der Waals surface area contributed by atoms with E-state index >= 15 is 0 Å². The summed E-state index contributed by atoms with van der Waals surface area (Å²) in [5.74, 6) is -0.459. The van der Waals surface area contributed by atoms with Gasteiger partial charge in [-0.25, -0.2) is 9.59 Å². The molecule has 4 rings (SSSR count). The molecule has 0 aromatic heterocycles. The molecule has 33 heavy (non-hydrogen) atoms. The van der Waals surface area contributed by atoms with E-state index < -0.39 is 12.0 Å². The molecular weight excluding hydrogens is 463 g/mol. The van der Waals surface area contributed by atoms with Crippen LogP contribution in [0, 0.1) is 0 Å². The Bertz CT molecular complexity index is 1070. The van der Waals surface area contributed by atoms with E-state index in [1.54, 1.807) is 25.1 Å². The Morgan fingerprint density at radius 1 is 1.09 bits per heavy atom. The first-order valence-corrected chi connectivity index (χ1v) is 11.7. The largest absolute Gasteiger partial charge is 0.463 e. The zero-order valence-electron chi connectivity index (χ0n) is 18.3. The number of halogens is 2. The second kappa shape index (κ2) is 10.5. The number of nitrogens with one attached hydrogen (secondary N) is 2. The summed E-state index contributed by atoms with van der Waals surface area (Å²) in [5.41, 5.74) is 2.68. The number of rotatable bonds is 6. The maximum atomic E-state index is 13.0. The van der Waals surface area contributed by atoms with Gasteiger partial charge in [-0.15, -0.1) is 0 Å². The van der Waals surface area contributed by atoms with E-state index in [0.717, 1.165) is 42.5 Å². The third kappa shape index (κ3) is 5.43. The number of nitrogens with zero attached hydrogens (tertiary/aromatic N) is 2. The fourth-order valence-electron chi connectivity index (χ4n) is 4.21. The summed E-state index contributed by atoms with van der Waals surface area (Å²) in [6.07, 6.45) is 0. The van der Waals surface area contributed by atoms with Crippen LogP contribution in [0.4, 0.5) is 10.5 Å². The van der Waals surface area contributed by atoms with E-state index in [9.17, 15) is 9.59 Å². The van der Waals surface area contributed by atoms with Crippen molar-refractivity contribution in [2.75, 3.05) is 44.2 Å². The molecule has 174 valence electrons. The van der Waals surface area contributed by atoms with Gasteiger partial charge in [-0.05, 0) is 36.8 Å². The monoisotopic (exact) mass is 488 g/mol. The number of carbonyl (C=O) groups excluding carboxylic acids is 2. The number of para-hydroxylation sites is 1. The van der Waals surface area contributed by atoms with Crippen LogP contribution in [0.5, 0.6) is 0 Å². The van der Waals surface area contributed by atoms with Crippen LogP contribution in [-0.2, 0) is 9.53 Å². The van der Waals surface area contributed by atoms with E-state index in [-0.39, 0.29) is 12.6 Å². The summed E-state index contributed by atoms with van der Waals surface area (Å²) in [5, 5.41) is 6.94. The van der Waals surface area contributed by atoms with E-state index in [2.05, 4.69) is 20.4 Å². The second-order valence-corrected chi connectivity index (χ2v) is 8.76. The Labute approximate surface area is 203 Å². The van der Waals surface area contributed by atoms with Crippen molar-refractivity contribution < 1.29 is 14.3 Å². The summed E-state index contributed by atoms with van der Waals surface area (Å²) in [6, 6.07) is 13.9. The van der Waals surface area contributed by atoms with Gasteiger partial charge < -0.3 is 20.3 Å². The molecule has 2 N–H and O–H groups in total. The van der Waals surface area contributed by atoms with Gasteiger partial charge >= 0.3 is 12.0 Å². The molecule has 2 aromatic carbocycles. The van der Waals surface area contributed by atoms with Crippen molar-refractivity contribution in [3.63, 3.8) is 0 Å². The number of esters is 1. The van der Waals surface area contributed by atoms with E-state index in [0.29, 0.717) is 22.8 Å². The summed E-state index contributed by atoms with van der Waals surface area (Å²) < 4.78 is 5.34. The molecule has 2 aliphatic rings. The van der Waals surface area contributed by atoms with Crippen LogP contribution >= 0.6 is 23.2 Å². The lowest BCUT2D eigenvalue weighted by molar-refractivity contribution is -0.139. The van der Waals surface area contributed by atoms with Crippen molar-refractivity contribution in [1.29, 1.82) is 0 Å². The number of amides is 2. The summed E-state index contributed by atoms with van der Waals surface area (Å²) in [7, 11) is 0. The molecule has 0 radical (unpaired) electrons. The standard InChI is InChI=1S/C24H26Cl2N4O3/c1-2-33-23(31)21-19(27-24(32)28-22(21)16-6-5-7-17(25)14-16)15-29-10-12-30(13-11-29)20-9-4-3-8-18(20)26/h3-9,14,22H,2,10-13,15H2,1H3,(H2,27,28,32). The highest BCUT2D eigenvalue weighted by molar-refractivity contribution is 6.33.